The standard InChI is InChI=1S/C16H27N/c1-12-9-13(2)15(14(3)10-12)7-8-16(4,5)11-17-6/h9-10,17H,7-8,11H2,1-6H3. The van der Waals surface area contributed by atoms with Crippen molar-refractivity contribution in [2.75, 3.05) is 13.6 Å². The molecule has 1 aromatic carbocycles. The fourth-order valence-corrected chi connectivity index (χ4v) is 2.63. The lowest BCUT2D eigenvalue weighted by molar-refractivity contribution is 0.324. The Balaban J connectivity index is 2.76. The van der Waals surface area contributed by atoms with E-state index in [2.05, 4.69) is 52.1 Å². The summed E-state index contributed by atoms with van der Waals surface area (Å²) in [6, 6.07) is 4.60. The maximum atomic E-state index is 3.28. The van der Waals surface area contributed by atoms with Crippen molar-refractivity contribution < 1.29 is 0 Å². The van der Waals surface area contributed by atoms with Crippen LogP contribution in [0.15, 0.2) is 12.1 Å². The zero-order valence-corrected chi connectivity index (χ0v) is 12.3. The van der Waals surface area contributed by atoms with Crippen molar-refractivity contribution in [3.05, 3.63) is 34.4 Å². The molecule has 0 aliphatic rings. The molecule has 1 nitrogen and oxygen atoms in total. The van der Waals surface area contributed by atoms with Crippen LogP contribution in [0.5, 0.6) is 0 Å². The summed E-state index contributed by atoms with van der Waals surface area (Å²) in [5.41, 5.74) is 6.18. The molecule has 0 aliphatic heterocycles. The Morgan fingerprint density at radius 1 is 1.06 bits per heavy atom. The summed E-state index contributed by atoms with van der Waals surface area (Å²) < 4.78 is 0. The molecule has 0 saturated carbocycles. The second kappa shape index (κ2) is 5.68. The van der Waals surface area contributed by atoms with E-state index in [-0.39, 0.29) is 0 Å². The first-order valence-electron chi connectivity index (χ1n) is 6.57. The number of benzene rings is 1. The summed E-state index contributed by atoms with van der Waals surface area (Å²) >= 11 is 0. The monoisotopic (exact) mass is 233 g/mol. The topological polar surface area (TPSA) is 12.0 Å². The van der Waals surface area contributed by atoms with Gasteiger partial charge in [0, 0.05) is 0 Å². The highest BCUT2D eigenvalue weighted by molar-refractivity contribution is 5.37. The molecule has 0 spiro atoms. The zero-order chi connectivity index (χ0) is 13.1. The van der Waals surface area contributed by atoms with Crippen LogP contribution in [0.1, 0.15) is 42.5 Å². The van der Waals surface area contributed by atoms with Gasteiger partial charge < -0.3 is 5.32 Å². The number of hydrogen-bond acceptors (Lipinski definition) is 1. The van der Waals surface area contributed by atoms with Gasteiger partial charge in [-0.25, -0.2) is 0 Å². The van der Waals surface area contributed by atoms with E-state index >= 15 is 0 Å². The lowest BCUT2D eigenvalue weighted by Gasteiger charge is -2.25. The molecule has 0 atom stereocenters. The highest BCUT2D eigenvalue weighted by Gasteiger charge is 2.17. The minimum absolute atomic E-state index is 0.374. The maximum Gasteiger partial charge on any atom is -0.0000373 e. The summed E-state index contributed by atoms with van der Waals surface area (Å²) in [5.74, 6) is 0. The number of hydrogen-bond donors (Lipinski definition) is 1. The molecule has 0 aliphatic carbocycles. The molecule has 0 bridgehead atoms. The van der Waals surface area contributed by atoms with E-state index in [9.17, 15) is 0 Å². The van der Waals surface area contributed by atoms with Crippen molar-refractivity contribution in [3.63, 3.8) is 0 Å². The maximum absolute atomic E-state index is 3.28. The molecule has 0 amide bonds. The minimum Gasteiger partial charge on any atom is -0.319 e. The normalized spacial score (nSPS) is 11.9. The van der Waals surface area contributed by atoms with E-state index in [1.165, 1.54) is 29.5 Å². The molecule has 96 valence electrons. The van der Waals surface area contributed by atoms with Crippen LogP contribution in [-0.2, 0) is 6.42 Å². The van der Waals surface area contributed by atoms with Gasteiger partial charge in [-0.05, 0) is 69.3 Å². The molecular weight excluding hydrogens is 206 g/mol. The van der Waals surface area contributed by atoms with Crippen LogP contribution in [0, 0.1) is 26.2 Å². The predicted octanol–water partition coefficient (Wildman–Crippen LogP) is 3.79. The van der Waals surface area contributed by atoms with Gasteiger partial charge in [-0.1, -0.05) is 31.5 Å². The third-order valence-electron chi connectivity index (χ3n) is 3.55. The third kappa shape index (κ3) is 4.16. The van der Waals surface area contributed by atoms with Crippen molar-refractivity contribution >= 4 is 0 Å². The number of rotatable bonds is 5. The lowest BCUT2D eigenvalue weighted by atomic mass is 9.84. The van der Waals surface area contributed by atoms with Crippen LogP contribution in [0.3, 0.4) is 0 Å². The molecule has 17 heavy (non-hydrogen) atoms. The van der Waals surface area contributed by atoms with Crippen LogP contribution >= 0.6 is 0 Å². The van der Waals surface area contributed by atoms with Gasteiger partial charge in [0.05, 0.1) is 0 Å². The largest absolute Gasteiger partial charge is 0.319 e. The second-order valence-corrected chi connectivity index (χ2v) is 6.07. The SMILES string of the molecule is CNCC(C)(C)CCc1c(C)cc(C)cc1C. The van der Waals surface area contributed by atoms with Crippen molar-refractivity contribution in [1.29, 1.82) is 0 Å². The first kappa shape index (κ1) is 14.2. The molecule has 0 fully saturated rings. The molecule has 0 unspecified atom stereocenters. The highest BCUT2D eigenvalue weighted by atomic mass is 14.8. The summed E-state index contributed by atoms with van der Waals surface area (Å²) in [6.45, 7) is 12.4. The van der Waals surface area contributed by atoms with Crippen LogP contribution in [0.25, 0.3) is 0 Å². The summed E-state index contributed by atoms with van der Waals surface area (Å²) in [6.07, 6.45) is 2.42. The van der Waals surface area contributed by atoms with E-state index in [0.29, 0.717) is 5.41 Å². The molecule has 0 saturated heterocycles. The summed E-state index contributed by atoms with van der Waals surface area (Å²) in [7, 11) is 2.03. The van der Waals surface area contributed by atoms with Gasteiger partial charge in [-0.3, -0.25) is 0 Å². The van der Waals surface area contributed by atoms with Gasteiger partial charge in [-0.15, -0.1) is 0 Å². The summed E-state index contributed by atoms with van der Waals surface area (Å²) in [4.78, 5) is 0. The quantitative estimate of drug-likeness (QED) is 0.816. The fourth-order valence-electron chi connectivity index (χ4n) is 2.63. The number of aryl methyl sites for hydroxylation is 3. The van der Waals surface area contributed by atoms with E-state index in [4.69, 9.17) is 0 Å². The molecule has 0 aromatic heterocycles. The van der Waals surface area contributed by atoms with Crippen molar-refractivity contribution in [3.8, 4) is 0 Å². The van der Waals surface area contributed by atoms with E-state index in [1.807, 2.05) is 7.05 Å². The smallest absolute Gasteiger partial charge is 0.0000373 e. The Hall–Kier alpha value is -0.820. The van der Waals surface area contributed by atoms with E-state index in [1.54, 1.807) is 5.56 Å². The van der Waals surface area contributed by atoms with Gasteiger partial charge in [0.15, 0.2) is 0 Å². The first-order valence-corrected chi connectivity index (χ1v) is 6.57. The number of nitrogens with one attached hydrogen (secondary N) is 1. The van der Waals surface area contributed by atoms with E-state index < -0.39 is 0 Å². The van der Waals surface area contributed by atoms with E-state index in [0.717, 1.165) is 6.54 Å². The zero-order valence-electron chi connectivity index (χ0n) is 12.3. The Kier molecular flexibility index (Phi) is 4.76. The molecule has 1 rings (SSSR count). The Bertz CT molecular complexity index is 354. The highest BCUT2D eigenvalue weighted by Crippen LogP contribution is 2.25. The summed E-state index contributed by atoms with van der Waals surface area (Å²) in [5, 5.41) is 3.28. The molecule has 0 radical (unpaired) electrons. The van der Waals surface area contributed by atoms with Gasteiger partial charge in [-0.2, -0.15) is 0 Å². The molecule has 0 heterocycles. The Morgan fingerprint density at radius 2 is 1.59 bits per heavy atom. The van der Waals surface area contributed by atoms with Gasteiger partial charge in [0.2, 0.25) is 0 Å². The average Bonchev–Trinajstić information content (AvgIpc) is 2.15. The van der Waals surface area contributed by atoms with Gasteiger partial charge in [0.1, 0.15) is 0 Å². The van der Waals surface area contributed by atoms with Gasteiger partial charge >= 0.3 is 0 Å². The van der Waals surface area contributed by atoms with Crippen molar-refractivity contribution in [2.45, 2.75) is 47.5 Å². The molecule has 1 N–H and O–H groups in total. The predicted molar refractivity (Wildman–Crippen MR) is 76.7 cm³/mol. The van der Waals surface area contributed by atoms with Crippen LogP contribution < -0.4 is 5.32 Å². The van der Waals surface area contributed by atoms with Gasteiger partial charge in [0.25, 0.3) is 0 Å². The Labute approximate surface area is 107 Å². The molecule has 1 aromatic rings. The third-order valence-corrected chi connectivity index (χ3v) is 3.55. The molecule has 1 heteroatoms. The minimum atomic E-state index is 0.374. The fraction of sp³-hybridized carbons (Fsp3) is 0.625. The van der Waals surface area contributed by atoms with Crippen LogP contribution in [0.2, 0.25) is 0 Å². The second-order valence-electron chi connectivity index (χ2n) is 6.07. The van der Waals surface area contributed by atoms with Crippen LogP contribution in [-0.4, -0.2) is 13.6 Å². The van der Waals surface area contributed by atoms with Crippen molar-refractivity contribution in [2.24, 2.45) is 5.41 Å². The lowest BCUT2D eigenvalue weighted by Crippen LogP contribution is -2.27. The van der Waals surface area contributed by atoms with Crippen LogP contribution in [0.4, 0.5) is 0 Å². The molecular formula is C16H27N. The Morgan fingerprint density at radius 3 is 2.06 bits per heavy atom. The van der Waals surface area contributed by atoms with Crippen molar-refractivity contribution in [1.82, 2.24) is 5.32 Å². The average molecular weight is 233 g/mol. The first-order chi connectivity index (χ1) is 7.85.